The molecular formula is C14H7BrClFN2O2. The lowest BCUT2D eigenvalue weighted by molar-refractivity contribution is 0.0698. The number of carboxylic acids is 1. The average molecular weight is 370 g/mol. The van der Waals surface area contributed by atoms with E-state index in [0.29, 0.717) is 21.9 Å². The Labute approximate surface area is 131 Å². The number of imidazole rings is 1. The normalized spacial score (nSPS) is 11.0. The number of aromatic nitrogens is 2. The number of fused-ring (bicyclic) bond motifs is 1. The lowest BCUT2D eigenvalue weighted by atomic mass is 10.2. The number of halogens is 3. The molecule has 3 rings (SSSR count). The minimum absolute atomic E-state index is 0.192. The van der Waals surface area contributed by atoms with Crippen LogP contribution in [0.4, 0.5) is 4.39 Å². The van der Waals surface area contributed by atoms with Gasteiger partial charge in [0.1, 0.15) is 17.2 Å². The topological polar surface area (TPSA) is 66.0 Å². The van der Waals surface area contributed by atoms with E-state index < -0.39 is 11.8 Å². The minimum atomic E-state index is -1.24. The molecule has 4 nitrogen and oxygen atoms in total. The molecule has 21 heavy (non-hydrogen) atoms. The molecule has 0 fully saturated rings. The fourth-order valence-electron chi connectivity index (χ4n) is 2.05. The van der Waals surface area contributed by atoms with Crippen molar-refractivity contribution in [2.24, 2.45) is 0 Å². The predicted molar refractivity (Wildman–Crippen MR) is 81.2 cm³/mol. The molecule has 106 valence electrons. The molecule has 0 spiro atoms. The lowest BCUT2D eigenvalue weighted by Gasteiger charge is -2.00. The zero-order chi connectivity index (χ0) is 15.1. The van der Waals surface area contributed by atoms with E-state index in [2.05, 4.69) is 25.9 Å². The van der Waals surface area contributed by atoms with Crippen molar-refractivity contribution in [1.29, 1.82) is 0 Å². The summed E-state index contributed by atoms with van der Waals surface area (Å²) < 4.78 is 14.3. The molecule has 0 radical (unpaired) electrons. The maximum atomic E-state index is 13.5. The van der Waals surface area contributed by atoms with Crippen molar-refractivity contribution >= 4 is 44.5 Å². The molecule has 0 aliphatic carbocycles. The van der Waals surface area contributed by atoms with Gasteiger partial charge in [-0.25, -0.2) is 14.2 Å². The van der Waals surface area contributed by atoms with Gasteiger partial charge in [0, 0.05) is 10.0 Å². The van der Waals surface area contributed by atoms with E-state index in [-0.39, 0.29) is 11.1 Å². The average Bonchev–Trinajstić information content (AvgIpc) is 2.80. The largest absolute Gasteiger partial charge is 0.478 e. The molecule has 0 unspecified atom stereocenters. The molecule has 7 heteroatoms. The van der Waals surface area contributed by atoms with Crippen molar-refractivity contribution in [3.05, 3.63) is 51.2 Å². The highest BCUT2D eigenvalue weighted by Crippen LogP contribution is 2.31. The first kappa shape index (κ1) is 14.0. The van der Waals surface area contributed by atoms with Gasteiger partial charge in [0.15, 0.2) is 0 Å². The third kappa shape index (κ3) is 2.52. The highest BCUT2D eigenvalue weighted by molar-refractivity contribution is 9.10. The van der Waals surface area contributed by atoms with Gasteiger partial charge in [0.05, 0.1) is 16.1 Å². The van der Waals surface area contributed by atoms with Gasteiger partial charge in [-0.05, 0) is 30.3 Å². The maximum Gasteiger partial charge on any atom is 0.338 e. The van der Waals surface area contributed by atoms with Crippen LogP contribution in [0.2, 0.25) is 5.02 Å². The van der Waals surface area contributed by atoms with Crippen LogP contribution in [0.3, 0.4) is 0 Å². The number of hydrogen-bond donors (Lipinski definition) is 2. The number of H-pyrrole nitrogens is 1. The van der Waals surface area contributed by atoms with Crippen LogP contribution in [0.5, 0.6) is 0 Å². The van der Waals surface area contributed by atoms with Crippen LogP contribution in [0, 0.1) is 5.82 Å². The highest BCUT2D eigenvalue weighted by atomic mass is 79.9. The number of nitrogens with zero attached hydrogens (tertiary/aromatic N) is 1. The molecular weight excluding hydrogens is 363 g/mol. The van der Waals surface area contributed by atoms with Gasteiger partial charge in [0.2, 0.25) is 0 Å². The Morgan fingerprint density at radius 2 is 2.10 bits per heavy atom. The molecule has 0 bridgehead atoms. The Hall–Kier alpha value is -1.92. The monoisotopic (exact) mass is 368 g/mol. The molecule has 0 saturated heterocycles. The number of carboxylic acid groups (broad SMARTS) is 1. The highest BCUT2D eigenvalue weighted by Gasteiger charge is 2.16. The van der Waals surface area contributed by atoms with Crippen LogP contribution < -0.4 is 0 Å². The van der Waals surface area contributed by atoms with Crippen molar-refractivity contribution in [2.45, 2.75) is 0 Å². The number of aromatic carboxylic acids is 1. The number of carbonyl (C=O) groups is 1. The molecule has 1 aromatic heterocycles. The Morgan fingerprint density at radius 3 is 2.76 bits per heavy atom. The van der Waals surface area contributed by atoms with E-state index in [1.807, 2.05) is 0 Å². The van der Waals surface area contributed by atoms with Crippen molar-refractivity contribution in [3.8, 4) is 11.4 Å². The summed E-state index contributed by atoms with van der Waals surface area (Å²) >= 11 is 9.45. The fraction of sp³-hybridized carbons (Fsp3) is 0. The van der Waals surface area contributed by atoms with Crippen LogP contribution in [0.25, 0.3) is 22.4 Å². The molecule has 0 atom stereocenters. The molecule has 0 saturated carbocycles. The maximum absolute atomic E-state index is 13.5. The first-order chi connectivity index (χ1) is 9.95. The van der Waals surface area contributed by atoms with Gasteiger partial charge < -0.3 is 10.1 Å². The quantitative estimate of drug-likeness (QED) is 0.700. The third-order valence-electron chi connectivity index (χ3n) is 2.97. The summed E-state index contributed by atoms with van der Waals surface area (Å²) in [6.07, 6.45) is 0. The number of nitrogens with one attached hydrogen (secondary N) is 1. The Kier molecular flexibility index (Phi) is 3.43. The van der Waals surface area contributed by atoms with Gasteiger partial charge in [-0.1, -0.05) is 27.5 Å². The zero-order valence-electron chi connectivity index (χ0n) is 10.3. The standard InChI is InChI=1S/C14H7BrClFN2O2/c15-6-1-2-8(10(16)3-6)13-18-11-5-7(17)4-9(14(20)21)12(11)19-13/h1-5H,(H,18,19)(H,20,21). The van der Waals surface area contributed by atoms with Crippen LogP contribution in [0.15, 0.2) is 34.8 Å². The summed E-state index contributed by atoms with van der Waals surface area (Å²) in [6.45, 7) is 0. The van der Waals surface area contributed by atoms with E-state index in [0.717, 1.165) is 10.5 Å². The summed E-state index contributed by atoms with van der Waals surface area (Å²) in [6, 6.07) is 7.36. The molecule has 1 heterocycles. The lowest BCUT2D eigenvalue weighted by Crippen LogP contribution is -1.98. The zero-order valence-corrected chi connectivity index (χ0v) is 12.7. The third-order valence-corrected chi connectivity index (χ3v) is 3.77. The second-order valence-electron chi connectivity index (χ2n) is 4.36. The van der Waals surface area contributed by atoms with Gasteiger partial charge in [0.25, 0.3) is 0 Å². The number of rotatable bonds is 2. The first-order valence-corrected chi connectivity index (χ1v) is 7.01. The smallest absolute Gasteiger partial charge is 0.338 e. The summed E-state index contributed by atoms with van der Waals surface area (Å²) in [7, 11) is 0. The van der Waals surface area contributed by atoms with Gasteiger partial charge >= 0.3 is 5.97 Å². The summed E-state index contributed by atoms with van der Waals surface area (Å²) in [5, 5.41) is 9.57. The number of aromatic amines is 1. The molecule has 2 aromatic carbocycles. The molecule has 2 N–H and O–H groups in total. The molecule has 0 amide bonds. The Morgan fingerprint density at radius 1 is 1.33 bits per heavy atom. The Bertz CT molecular complexity index is 879. The van der Waals surface area contributed by atoms with Crippen LogP contribution >= 0.6 is 27.5 Å². The predicted octanol–water partition coefficient (Wildman–Crippen LogP) is 4.48. The van der Waals surface area contributed by atoms with E-state index in [9.17, 15) is 9.18 Å². The SMILES string of the molecule is O=C(O)c1cc(F)cc2[nH]c(-c3ccc(Br)cc3Cl)nc12. The van der Waals surface area contributed by atoms with Crippen molar-refractivity contribution in [1.82, 2.24) is 9.97 Å². The molecule has 3 aromatic rings. The first-order valence-electron chi connectivity index (χ1n) is 5.83. The van der Waals surface area contributed by atoms with Crippen molar-refractivity contribution in [3.63, 3.8) is 0 Å². The van der Waals surface area contributed by atoms with Crippen molar-refractivity contribution in [2.75, 3.05) is 0 Å². The fourth-order valence-corrected chi connectivity index (χ4v) is 2.82. The van der Waals surface area contributed by atoms with Gasteiger partial charge in [-0.2, -0.15) is 0 Å². The van der Waals surface area contributed by atoms with Gasteiger partial charge in [-0.15, -0.1) is 0 Å². The van der Waals surface area contributed by atoms with E-state index in [4.69, 9.17) is 16.7 Å². The van der Waals surface area contributed by atoms with Crippen molar-refractivity contribution < 1.29 is 14.3 Å². The van der Waals surface area contributed by atoms with E-state index in [1.54, 1.807) is 18.2 Å². The summed E-state index contributed by atoms with van der Waals surface area (Å²) in [5.74, 6) is -1.49. The van der Waals surface area contributed by atoms with Crippen LogP contribution in [-0.2, 0) is 0 Å². The Balaban J connectivity index is 2.26. The number of hydrogen-bond acceptors (Lipinski definition) is 2. The number of benzene rings is 2. The van der Waals surface area contributed by atoms with Crippen LogP contribution in [0.1, 0.15) is 10.4 Å². The van der Waals surface area contributed by atoms with E-state index in [1.165, 1.54) is 6.07 Å². The van der Waals surface area contributed by atoms with E-state index >= 15 is 0 Å². The summed E-state index contributed by atoms with van der Waals surface area (Å²) in [4.78, 5) is 18.3. The summed E-state index contributed by atoms with van der Waals surface area (Å²) in [5.41, 5.74) is 0.910. The molecule has 0 aliphatic heterocycles. The second-order valence-corrected chi connectivity index (χ2v) is 5.69. The van der Waals surface area contributed by atoms with Crippen LogP contribution in [-0.4, -0.2) is 21.0 Å². The second kappa shape index (κ2) is 5.13. The van der Waals surface area contributed by atoms with Gasteiger partial charge in [-0.3, -0.25) is 0 Å². The minimum Gasteiger partial charge on any atom is -0.478 e. The molecule has 0 aliphatic rings.